The minimum Gasteiger partial charge on any atom is -0.481 e. The van der Waals surface area contributed by atoms with Crippen LogP contribution in [0.3, 0.4) is 0 Å². The van der Waals surface area contributed by atoms with Gasteiger partial charge in [-0.25, -0.2) is 18.4 Å². The van der Waals surface area contributed by atoms with E-state index in [0.717, 1.165) is 58.4 Å². The van der Waals surface area contributed by atoms with E-state index in [1.807, 2.05) is 43.1 Å². The molecule has 1 aliphatic rings. The highest BCUT2D eigenvalue weighted by molar-refractivity contribution is 7.99. The molecule has 2 atom stereocenters. The Morgan fingerprint density at radius 2 is 1.90 bits per heavy atom. The molecule has 3 heterocycles. The summed E-state index contributed by atoms with van der Waals surface area (Å²) in [5, 5.41) is 15.4. The van der Waals surface area contributed by atoms with Crippen molar-refractivity contribution in [3.63, 3.8) is 0 Å². The summed E-state index contributed by atoms with van der Waals surface area (Å²) < 4.78 is 33.0. The second kappa shape index (κ2) is 13.7. The van der Waals surface area contributed by atoms with Gasteiger partial charge in [-0.2, -0.15) is 16.9 Å². The van der Waals surface area contributed by atoms with Gasteiger partial charge in [0.05, 0.1) is 22.3 Å². The molecule has 0 radical (unpaired) electrons. The topological polar surface area (TPSA) is 83.8 Å². The third-order valence-electron chi connectivity index (χ3n) is 9.61. The number of fused-ring (bicyclic) bond motifs is 8. The first-order chi connectivity index (χ1) is 22.8. The summed E-state index contributed by atoms with van der Waals surface area (Å²) in [5.74, 6) is 1.07. The van der Waals surface area contributed by atoms with Crippen LogP contribution in [0.15, 0.2) is 70.6 Å². The average molecular weight is 689 g/mol. The summed E-state index contributed by atoms with van der Waals surface area (Å²) in [7, 11) is 1.78. The van der Waals surface area contributed by atoms with Gasteiger partial charge in [0, 0.05) is 29.0 Å². The molecule has 0 spiro atoms. The quantitative estimate of drug-likeness (QED) is 0.196. The van der Waals surface area contributed by atoms with Gasteiger partial charge in [0.15, 0.2) is 11.6 Å². The Kier molecular flexibility index (Phi) is 9.78. The predicted molar refractivity (Wildman–Crippen MR) is 191 cm³/mol. The second-order valence-electron chi connectivity index (χ2n) is 14.0. The number of aromatic nitrogens is 4. The van der Waals surface area contributed by atoms with Gasteiger partial charge >= 0.3 is 5.97 Å². The zero-order valence-corrected chi connectivity index (χ0v) is 29.7. The lowest BCUT2D eigenvalue weighted by Gasteiger charge is -2.31. The van der Waals surface area contributed by atoms with Crippen LogP contribution in [0.1, 0.15) is 81.8 Å². The van der Waals surface area contributed by atoms with E-state index in [9.17, 15) is 9.90 Å². The molecule has 4 bridgehead atoms. The van der Waals surface area contributed by atoms with Crippen LogP contribution in [0, 0.1) is 17.0 Å². The summed E-state index contributed by atoms with van der Waals surface area (Å²) >= 11 is 3.21. The Morgan fingerprint density at radius 1 is 1.08 bits per heavy atom. The van der Waals surface area contributed by atoms with E-state index in [4.69, 9.17) is 10.1 Å². The first-order valence-electron chi connectivity index (χ1n) is 16.4. The van der Waals surface area contributed by atoms with Gasteiger partial charge in [0.2, 0.25) is 0 Å². The fourth-order valence-corrected chi connectivity index (χ4v) is 8.99. The zero-order chi connectivity index (χ0) is 34.2. The van der Waals surface area contributed by atoms with Gasteiger partial charge in [-0.3, -0.25) is 4.79 Å². The molecular weight excluding hydrogens is 647 g/mol. The maximum absolute atomic E-state index is 15.7. The highest BCUT2D eigenvalue weighted by atomic mass is 32.2. The van der Waals surface area contributed by atoms with E-state index >= 15 is 8.78 Å². The summed E-state index contributed by atoms with van der Waals surface area (Å²) in [6, 6.07) is 16.5. The molecule has 0 aliphatic carbocycles. The number of nitrogens with one attached hydrogen (secondary N) is 1. The van der Waals surface area contributed by atoms with Crippen LogP contribution in [0.25, 0.3) is 22.3 Å². The van der Waals surface area contributed by atoms with Crippen molar-refractivity contribution in [2.75, 3.05) is 11.5 Å². The highest BCUT2D eigenvalue weighted by Crippen LogP contribution is 2.42. The van der Waals surface area contributed by atoms with Crippen molar-refractivity contribution in [2.45, 2.75) is 80.9 Å². The zero-order valence-electron chi connectivity index (χ0n) is 28.1. The predicted octanol–water partition coefficient (Wildman–Crippen LogP) is 9.76. The number of carboxylic acids is 1. The highest BCUT2D eigenvalue weighted by Gasteiger charge is 2.35. The lowest BCUT2D eigenvalue weighted by molar-refractivity contribution is -0.137. The summed E-state index contributed by atoms with van der Waals surface area (Å²) in [4.78, 5) is 21.0. The van der Waals surface area contributed by atoms with Crippen LogP contribution in [0.5, 0.6) is 0 Å². The number of nitrogens with zero attached hydrogens (tertiary/aromatic N) is 3. The Balaban J connectivity index is 1.47. The number of thioether (sulfide) groups is 1. The molecule has 48 heavy (non-hydrogen) atoms. The van der Waals surface area contributed by atoms with Crippen molar-refractivity contribution in [2.24, 2.45) is 12.5 Å². The average Bonchev–Trinajstić information content (AvgIpc) is 3.67. The lowest BCUT2D eigenvalue weighted by atomic mass is 9.74. The summed E-state index contributed by atoms with van der Waals surface area (Å²) in [5.41, 5.74) is 3.43. The van der Waals surface area contributed by atoms with E-state index in [0.29, 0.717) is 33.4 Å². The largest absolute Gasteiger partial charge is 0.481 e. The number of benzene rings is 3. The van der Waals surface area contributed by atoms with Crippen LogP contribution in [0.4, 0.5) is 8.78 Å². The van der Waals surface area contributed by atoms with Crippen molar-refractivity contribution in [1.29, 1.82) is 0 Å². The third kappa shape index (κ3) is 7.06. The van der Waals surface area contributed by atoms with E-state index in [-0.39, 0.29) is 23.6 Å². The van der Waals surface area contributed by atoms with Gasteiger partial charge in [-0.05, 0) is 96.0 Å². The molecule has 1 unspecified atom stereocenters. The minimum absolute atomic E-state index is 0.0378. The number of halogens is 2. The number of aromatic amines is 1. The molecule has 2 aromatic heterocycles. The van der Waals surface area contributed by atoms with E-state index in [1.165, 1.54) is 17.8 Å². The number of rotatable bonds is 4. The molecule has 3 aromatic carbocycles. The van der Waals surface area contributed by atoms with Gasteiger partial charge in [-0.1, -0.05) is 63.2 Å². The molecule has 1 aliphatic heterocycles. The van der Waals surface area contributed by atoms with Crippen LogP contribution in [-0.4, -0.2) is 42.3 Å². The van der Waals surface area contributed by atoms with Crippen LogP contribution < -0.4 is 0 Å². The lowest BCUT2D eigenvalue weighted by Crippen LogP contribution is -2.27. The summed E-state index contributed by atoms with van der Waals surface area (Å²) in [6.45, 7) is 8.65. The monoisotopic (exact) mass is 688 g/mol. The third-order valence-corrected chi connectivity index (χ3v) is 12.2. The van der Waals surface area contributed by atoms with Gasteiger partial charge < -0.3 is 10.1 Å². The Morgan fingerprint density at radius 3 is 2.69 bits per heavy atom. The molecule has 6 rings (SSSR count). The van der Waals surface area contributed by atoms with Gasteiger partial charge in [0.1, 0.15) is 11.6 Å². The van der Waals surface area contributed by atoms with E-state index < -0.39 is 17.2 Å². The van der Waals surface area contributed by atoms with Gasteiger partial charge in [-0.15, -0.1) is 0 Å². The van der Waals surface area contributed by atoms with Crippen molar-refractivity contribution in [1.82, 2.24) is 19.7 Å². The number of carboxylic acid groups (broad SMARTS) is 1. The van der Waals surface area contributed by atoms with Crippen LogP contribution in [-0.2, 0) is 23.7 Å². The maximum Gasteiger partial charge on any atom is 0.303 e. The van der Waals surface area contributed by atoms with Gasteiger partial charge in [0.25, 0.3) is 0 Å². The normalized spacial score (nSPS) is 19.3. The molecule has 252 valence electrons. The molecule has 0 amide bonds. The number of aliphatic carboxylic acids is 1. The van der Waals surface area contributed by atoms with Crippen molar-refractivity contribution >= 4 is 40.4 Å². The Bertz CT molecular complexity index is 1970. The number of carbonyl (C=O) groups is 1. The number of hydrogen-bond acceptors (Lipinski definition) is 5. The second-order valence-corrected chi connectivity index (χ2v) is 16.2. The molecule has 5 aromatic rings. The van der Waals surface area contributed by atoms with Crippen molar-refractivity contribution < 1.29 is 18.7 Å². The van der Waals surface area contributed by atoms with E-state index in [2.05, 4.69) is 37.9 Å². The molecule has 0 fully saturated rings. The fourth-order valence-electron chi connectivity index (χ4n) is 6.76. The smallest absolute Gasteiger partial charge is 0.303 e. The van der Waals surface area contributed by atoms with Crippen molar-refractivity contribution in [3.05, 3.63) is 94.9 Å². The number of aryl methyl sites for hydroxylation is 2. The van der Waals surface area contributed by atoms with Crippen LogP contribution in [0.2, 0.25) is 0 Å². The molecular formula is C38H42F2N4O2S2. The molecule has 6 nitrogen and oxygen atoms in total. The first-order valence-corrected chi connectivity index (χ1v) is 18.4. The molecule has 2 N–H and O–H groups in total. The molecule has 10 heteroatoms. The standard InChI is InChI=1S/C38H42F2N4O2S2/c1-23(18-33(45)46)24-8-6-9-25(19-24)38(4)15-7-14-37(2,3)22-47-17-13-28-27-12-16-41-32(27)21-31(40)34(28)48-26-10-11-30(39)29(20-26)35-42-36(38)43-44(35)5/h6,8-12,16,19-21,23,41H,7,13-15,17-18,22H2,1-5H3,(H,45,46)/t23?,38-/m1/s1. The summed E-state index contributed by atoms with van der Waals surface area (Å²) in [6.07, 6.45) is 5.24. The number of hydrogen-bond donors (Lipinski definition) is 2. The number of H-pyrrole nitrogens is 1. The van der Waals surface area contributed by atoms with Crippen LogP contribution >= 0.6 is 23.5 Å². The van der Waals surface area contributed by atoms with Crippen molar-refractivity contribution in [3.8, 4) is 11.4 Å². The minimum atomic E-state index is -0.835. The van der Waals surface area contributed by atoms with E-state index in [1.54, 1.807) is 29.9 Å². The Hall–Kier alpha value is -3.63. The Labute approximate surface area is 289 Å². The SMILES string of the molecule is CC(CC(=O)O)c1cccc([C@@]2(C)CCCC(C)(C)CSCCc3c(c(F)cc4[nH]ccc34)Sc3ccc(F)c(c3)-c3nc2nn3C)c1. The first kappa shape index (κ1) is 34.2. The molecule has 0 saturated heterocycles. The maximum atomic E-state index is 15.7. The fraction of sp³-hybridized carbons (Fsp3) is 0.395. The molecule has 0 saturated carbocycles.